The molecule has 0 saturated heterocycles. The molecule has 0 spiro atoms. The van der Waals surface area contributed by atoms with E-state index in [1.807, 2.05) is 27.7 Å². The van der Waals surface area contributed by atoms with E-state index in [-0.39, 0.29) is 17.5 Å². The first-order valence-corrected chi connectivity index (χ1v) is 14.1. The number of esters is 1. The Morgan fingerprint density at radius 2 is 1.03 bits per heavy atom. The Labute approximate surface area is 215 Å². The second-order valence-corrected chi connectivity index (χ2v) is 10.1. The molecule has 0 aromatic rings. The topological polar surface area (TPSA) is 83.1 Å². The van der Waals surface area contributed by atoms with Crippen molar-refractivity contribution in [3.8, 4) is 0 Å². The summed E-state index contributed by atoms with van der Waals surface area (Å²) in [5, 5.41) is 2.91. The van der Waals surface area contributed by atoms with Crippen molar-refractivity contribution in [3.05, 3.63) is 0 Å². The van der Waals surface area contributed by atoms with Gasteiger partial charge in [0.2, 0.25) is 5.91 Å². The summed E-state index contributed by atoms with van der Waals surface area (Å²) in [5.74, 6) is 0.0437. The minimum atomic E-state index is -0.373. The number of carbonyl (C=O) groups is 2. The van der Waals surface area contributed by atoms with Crippen LogP contribution in [0.25, 0.3) is 0 Å². The lowest BCUT2D eigenvalue weighted by Gasteiger charge is -2.19. The van der Waals surface area contributed by atoms with E-state index in [0.29, 0.717) is 59.0 Å². The number of amides is 1. The Bertz CT molecular complexity index is 492. The van der Waals surface area contributed by atoms with Gasteiger partial charge in [-0.05, 0) is 40.5 Å². The lowest BCUT2D eigenvalue weighted by molar-refractivity contribution is -0.154. The zero-order valence-corrected chi connectivity index (χ0v) is 23.3. The van der Waals surface area contributed by atoms with Gasteiger partial charge in [0.1, 0.15) is 5.60 Å². The van der Waals surface area contributed by atoms with E-state index in [1.165, 1.54) is 51.4 Å². The molecule has 7 nitrogen and oxygen atoms in total. The molecular formula is C28H55NO6. The monoisotopic (exact) mass is 501 g/mol. The van der Waals surface area contributed by atoms with Gasteiger partial charge in [-0.3, -0.25) is 9.59 Å². The van der Waals surface area contributed by atoms with Crippen LogP contribution >= 0.6 is 0 Å². The third kappa shape index (κ3) is 28.9. The van der Waals surface area contributed by atoms with Crippen LogP contribution in [0.3, 0.4) is 0 Å². The fourth-order valence-corrected chi connectivity index (χ4v) is 3.65. The first-order chi connectivity index (χ1) is 16.8. The highest BCUT2D eigenvalue weighted by Gasteiger charge is 2.15. The number of ether oxygens (including phenoxy) is 4. The predicted octanol–water partition coefficient (Wildman–Crippen LogP) is 5.98. The molecule has 7 heteroatoms. The number of unbranched alkanes of at least 4 members (excludes halogenated alkanes) is 11. The third-order valence-electron chi connectivity index (χ3n) is 5.47. The summed E-state index contributed by atoms with van der Waals surface area (Å²) >= 11 is 0. The van der Waals surface area contributed by atoms with Crippen molar-refractivity contribution in [1.29, 1.82) is 0 Å². The van der Waals surface area contributed by atoms with E-state index < -0.39 is 0 Å². The normalized spacial score (nSPS) is 11.5. The molecule has 0 aliphatic carbocycles. The summed E-state index contributed by atoms with van der Waals surface area (Å²) in [6, 6.07) is 0. The molecule has 0 aromatic heterocycles. The van der Waals surface area contributed by atoms with Gasteiger partial charge in [0.25, 0.3) is 0 Å². The van der Waals surface area contributed by atoms with E-state index in [4.69, 9.17) is 18.9 Å². The fraction of sp³-hybridized carbons (Fsp3) is 0.929. The van der Waals surface area contributed by atoms with E-state index in [0.717, 1.165) is 25.7 Å². The van der Waals surface area contributed by atoms with Crippen LogP contribution in [0.15, 0.2) is 0 Å². The quantitative estimate of drug-likeness (QED) is 0.122. The highest BCUT2D eigenvalue weighted by Crippen LogP contribution is 2.14. The molecule has 0 aromatic carbocycles. The fourth-order valence-electron chi connectivity index (χ4n) is 3.65. The molecule has 0 bridgehead atoms. The van der Waals surface area contributed by atoms with Crippen molar-refractivity contribution in [1.82, 2.24) is 5.32 Å². The maximum absolute atomic E-state index is 11.8. The third-order valence-corrected chi connectivity index (χ3v) is 5.47. The Kier molecular flexibility index (Phi) is 23.7. The Morgan fingerprint density at radius 3 is 1.51 bits per heavy atom. The van der Waals surface area contributed by atoms with E-state index in [2.05, 4.69) is 5.32 Å². The summed E-state index contributed by atoms with van der Waals surface area (Å²) in [5.41, 5.74) is -0.373. The predicted molar refractivity (Wildman–Crippen MR) is 142 cm³/mol. The van der Waals surface area contributed by atoms with Crippen LogP contribution in [0, 0.1) is 0 Å². The van der Waals surface area contributed by atoms with E-state index in [9.17, 15) is 9.59 Å². The van der Waals surface area contributed by atoms with Crippen LogP contribution in [0.1, 0.15) is 118 Å². The molecule has 0 radical (unpaired) electrons. The van der Waals surface area contributed by atoms with Gasteiger partial charge in [-0.2, -0.15) is 0 Å². The summed E-state index contributed by atoms with van der Waals surface area (Å²) in [6.45, 7) is 11.8. The van der Waals surface area contributed by atoms with Gasteiger partial charge in [0, 0.05) is 26.0 Å². The van der Waals surface area contributed by atoms with Gasteiger partial charge < -0.3 is 24.3 Å². The molecule has 0 aliphatic rings. The largest absolute Gasteiger partial charge is 0.460 e. The van der Waals surface area contributed by atoms with Crippen LogP contribution in [-0.4, -0.2) is 63.7 Å². The van der Waals surface area contributed by atoms with Crippen LogP contribution in [0.2, 0.25) is 0 Å². The molecular weight excluding hydrogens is 446 g/mol. The number of rotatable bonds is 25. The lowest BCUT2D eigenvalue weighted by atomic mass is 10.0. The second-order valence-electron chi connectivity index (χ2n) is 10.1. The van der Waals surface area contributed by atoms with Gasteiger partial charge in [-0.25, -0.2) is 0 Å². The summed E-state index contributed by atoms with van der Waals surface area (Å²) in [7, 11) is 0. The van der Waals surface area contributed by atoms with Crippen LogP contribution < -0.4 is 5.32 Å². The first-order valence-electron chi connectivity index (χ1n) is 14.1. The molecule has 1 amide bonds. The molecule has 0 atom stereocenters. The van der Waals surface area contributed by atoms with Gasteiger partial charge in [0.05, 0.1) is 33.0 Å². The van der Waals surface area contributed by atoms with E-state index >= 15 is 0 Å². The van der Waals surface area contributed by atoms with Crippen molar-refractivity contribution < 1.29 is 28.5 Å². The van der Waals surface area contributed by atoms with Gasteiger partial charge in [-0.15, -0.1) is 0 Å². The summed E-state index contributed by atoms with van der Waals surface area (Å²) in [4.78, 5) is 23.5. The van der Waals surface area contributed by atoms with Crippen LogP contribution in [-0.2, 0) is 28.5 Å². The second kappa shape index (κ2) is 24.5. The molecule has 1 N–H and O–H groups in total. The highest BCUT2D eigenvalue weighted by atomic mass is 16.6. The lowest BCUT2D eigenvalue weighted by Crippen LogP contribution is -2.27. The number of carbonyl (C=O) groups excluding carboxylic acids is 2. The zero-order valence-electron chi connectivity index (χ0n) is 23.3. The average Bonchev–Trinajstić information content (AvgIpc) is 2.79. The molecule has 208 valence electrons. The number of hydrogen-bond acceptors (Lipinski definition) is 6. The first kappa shape index (κ1) is 33.8. The SMILES string of the molecule is CCOCCOCCOCCNC(=O)CCCCCCCCCCCCCCC(=O)OC(C)(C)C. The maximum Gasteiger partial charge on any atom is 0.306 e. The van der Waals surface area contributed by atoms with Crippen molar-refractivity contribution in [2.75, 3.05) is 46.2 Å². The number of hydrogen-bond donors (Lipinski definition) is 1. The van der Waals surface area contributed by atoms with Crippen molar-refractivity contribution in [2.24, 2.45) is 0 Å². The smallest absolute Gasteiger partial charge is 0.306 e. The molecule has 0 fully saturated rings. The Hall–Kier alpha value is -1.18. The van der Waals surface area contributed by atoms with Gasteiger partial charge in [-0.1, -0.05) is 64.2 Å². The average molecular weight is 502 g/mol. The summed E-state index contributed by atoms with van der Waals surface area (Å²) < 4.78 is 21.3. The van der Waals surface area contributed by atoms with Crippen molar-refractivity contribution in [3.63, 3.8) is 0 Å². The molecule has 0 unspecified atom stereocenters. The molecule has 35 heavy (non-hydrogen) atoms. The van der Waals surface area contributed by atoms with Gasteiger partial charge in [0.15, 0.2) is 0 Å². The van der Waals surface area contributed by atoms with E-state index in [1.54, 1.807) is 0 Å². The highest BCUT2D eigenvalue weighted by molar-refractivity contribution is 5.75. The Morgan fingerprint density at radius 1 is 0.600 bits per heavy atom. The molecule has 0 rings (SSSR count). The minimum Gasteiger partial charge on any atom is -0.460 e. The van der Waals surface area contributed by atoms with Crippen LogP contribution in [0.5, 0.6) is 0 Å². The molecule has 0 heterocycles. The molecule has 0 aliphatic heterocycles. The summed E-state index contributed by atoms with van der Waals surface area (Å²) in [6.07, 6.45) is 15.4. The van der Waals surface area contributed by atoms with Crippen LogP contribution in [0.4, 0.5) is 0 Å². The van der Waals surface area contributed by atoms with Crippen molar-refractivity contribution in [2.45, 2.75) is 123 Å². The van der Waals surface area contributed by atoms with Gasteiger partial charge >= 0.3 is 5.97 Å². The van der Waals surface area contributed by atoms with Crippen molar-refractivity contribution >= 4 is 11.9 Å². The Balaban J connectivity index is 3.23. The standard InChI is InChI=1S/C28H55NO6/c1-5-32-22-23-34-25-24-33-21-20-29-26(30)18-16-14-12-10-8-6-7-9-11-13-15-17-19-27(31)35-28(2,3)4/h5-25H2,1-4H3,(H,29,30). The zero-order chi connectivity index (χ0) is 26.0. The number of nitrogens with one attached hydrogen (secondary N) is 1. The minimum absolute atomic E-state index is 0.0745. The maximum atomic E-state index is 11.8. The molecule has 0 saturated carbocycles.